The van der Waals surface area contributed by atoms with Crippen LogP contribution in [-0.2, 0) is 4.79 Å². The Bertz CT molecular complexity index is 405. The van der Waals surface area contributed by atoms with Crippen molar-refractivity contribution in [3.05, 3.63) is 22.9 Å². The maximum atomic E-state index is 12.1. The molecular weight excluding hydrogens is 288 g/mol. The molecule has 1 amide bonds. The minimum atomic E-state index is -0.282. The van der Waals surface area contributed by atoms with Crippen molar-refractivity contribution in [1.29, 1.82) is 0 Å². The second-order valence-electron chi connectivity index (χ2n) is 3.98. The molecule has 1 saturated heterocycles. The summed E-state index contributed by atoms with van der Waals surface area (Å²) in [6, 6.07) is 3.66. The Morgan fingerprint density at radius 2 is 2.50 bits per heavy atom. The first-order valence-corrected chi connectivity index (χ1v) is 6.96. The van der Waals surface area contributed by atoms with E-state index in [0.29, 0.717) is 4.60 Å². The predicted molar refractivity (Wildman–Crippen MR) is 70.7 cm³/mol. The summed E-state index contributed by atoms with van der Waals surface area (Å²) in [6.07, 6.45) is 3.75. The van der Waals surface area contributed by atoms with Gasteiger partial charge in [-0.15, -0.1) is 11.8 Å². The minimum Gasteiger partial charge on any atom is -0.323 e. The molecule has 0 saturated carbocycles. The van der Waals surface area contributed by atoms with Crippen molar-refractivity contribution in [3.63, 3.8) is 0 Å². The Morgan fingerprint density at radius 3 is 3.12 bits per heavy atom. The van der Waals surface area contributed by atoms with Gasteiger partial charge in [-0.2, -0.15) is 0 Å². The smallest absolute Gasteiger partial charge is 0.240 e. The monoisotopic (exact) mass is 300 g/mol. The van der Waals surface area contributed by atoms with Gasteiger partial charge in [-0.1, -0.05) is 0 Å². The molecule has 1 aromatic rings. The van der Waals surface area contributed by atoms with E-state index in [1.165, 1.54) is 0 Å². The third-order valence-electron chi connectivity index (χ3n) is 2.71. The Morgan fingerprint density at radius 1 is 1.69 bits per heavy atom. The van der Waals surface area contributed by atoms with Crippen LogP contribution in [0.25, 0.3) is 0 Å². The summed E-state index contributed by atoms with van der Waals surface area (Å²) in [5.74, 6) is 1.14. The lowest BCUT2D eigenvalue weighted by Crippen LogP contribution is -2.34. The number of anilines is 1. The van der Waals surface area contributed by atoms with Crippen molar-refractivity contribution >= 4 is 39.3 Å². The molecule has 0 spiro atoms. The predicted octanol–water partition coefficient (Wildman–Crippen LogP) is 3.07. The van der Waals surface area contributed by atoms with Crippen LogP contribution in [0.4, 0.5) is 5.69 Å². The van der Waals surface area contributed by atoms with E-state index in [1.807, 2.05) is 19.1 Å². The molecule has 0 aliphatic carbocycles. The summed E-state index contributed by atoms with van der Waals surface area (Å²) in [4.78, 5) is 16.2. The maximum absolute atomic E-state index is 12.1. The molecule has 16 heavy (non-hydrogen) atoms. The number of thioether (sulfide) groups is 1. The molecule has 3 nitrogen and oxygen atoms in total. The number of rotatable bonds is 2. The van der Waals surface area contributed by atoms with Crippen molar-refractivity contribution in [3.8, 4) is 0 Å². The lowest BCUT2D eigenvalue weighted by Gasteiger charge is -2.21. The Labute approximate surface area is 108 Å². The third-order valence-corrected chi connectivity index (χ3v) is 4.86. The van der Waals surface area contributed by atoms with E-state index in [1.54, 1.807) is 18.0 Å². The lowest BCUT2D eigenvalue weighted by molar-refractivity contribution is -0.118. The number of carbonyl (C=O) groups excluding carboxylic acids is 1. The van der Waals surface area contributed by atoms with E-state index >= 15 is 0 Å². The first-order chi connectivity index (χ1) is 7.62. The molecule has 1 aromatic heterocycles. The summed E-state index contributed by atoms with van der Waals surface area (Å²) in [5.41, 5.74) is 0.737. The van der Waals surface area contributed by atoms with Gasteiger partial charge in [0.05, 0.1) is 10.4 Å². The average Bonchev–Trinajstić information content (AvgIpc) is 2.70. The number of carbonyl (C=O) groups is 1. The van der Waals surface area contributed by atoms with Gasteiger partial charge >= 0.3 is 0 Å². The number of amides is 1. The highest BCUT2D eigenvalue weighted by Gasteiger charge is 2.37. The largest absolute Gasteiger partial charge is 0.323 e. The second-order valence-corrected chi connectivity index (χ2v) is 6.33. The summed E-state index contributed by atoms with van der Waals surface area (Å²) >= 11 is 5.05. The van der Waals surface area contributed by atoms with Crippen molar-refractivity contribution in [1.82, 2.24) is 4.98 Å². The van der Waals surface area contributed by atoms with E-state index in [0.717, 1.165) is 24.3 Å². The number of hydrogen-bond acceptors (Lipinski definition) is 3. The zero-order valence-electron chi connectivity index (χ0n) is 9.00. The van der Waals surface area contributed by atoms with Crippen molar-refractivity contribution in [2.75, 3.05) is 11.1 Å². The molecule has 1 atom stereocenters. The molecule has 1 aliphatic heterocycles. The highest BCUT2D eigenvalue weighted by atomic mass is 79.9. The number of halogens is 1. The fourth-order valence-electron chi connectivity index (χ4n) is 1.69. The topological polar surface area (TPSA) is 42.0 Å². The molecule has 2 rings (SSSR count). The molecule has 0 aromatic carbocycles. The molecule has 1 unspecified atom stereocenters. The summed E-state index contributed by atoms with van der Waals surface area (Å²) in [5, 5.41) is 2.92. The van der Waals surface area contributed by atoms with Gasteiger partial charge < -0.3 is 5.32 Å². The number of nitrogens with zero attached hydrogens (tertiary/aromatic N) is 1. The van der Waals surface area contributed by atoms with Crippen LogP contribution in [0.2, 0.25) is 0 Å². The van der Waals surface area contributed by atoms with E-state index in [2.05, 4.69) is 26.2 Å². The molecule has 1 N–H and O–H groups in total. The van der Waals surface area contributed by atoms with Gasteiger partial charge in [0.25, 0.3) is 0 Å². The van der Waals surface area contributed by atoms with Crippen LogP contribution in [-0.4, -0.2) is 21.4 Å². The SMILES string of the molecule is CC1(C(=O)Nc2cccnc2Br)CCCS1. The van der Waals surface area contributed by atoms with Crippen LogP contribution in [0.15, 0.2) is 22.9 Å². The number of aromatic nitrogens is 1. The van der Waals surface area contributed by atoms with E-state index in [-0.39, 0.29) is 10.7 Å². The lowest BCUT2D eigenvalue weighted by atomic mass is 10.0. The molecular formula is C11H13BrN2OS. The Hall–Kier alpha value is -0.550. The van der Waals surface area contributed by atoms with E-state index in [9.17, 15) is 4.79 Å². The van der Waals surface area contributed by atoms with Crippen molar-refractivity contribution in [2.45, 2.75) is 24.5 Å². The second kappa shape index (κ2) is 4.75. The fraction of sp³-hybridized carbons (Fsp3) is 0.455. The highest BCUT2D eigenvalue weighted by Crippen LogP contribution is 2.38. The maximum Gasteiger partial charge on any atom is 0.240 e. The quantitative estimate of drug-likeness (QED) is 0.854. The van der Waals surface area contributed by atoms with Crippen LogP contribution in [0.5, 0.6) is 0 Å². The Balaban J connectivity index is 2.10. The molecule has 1 aliphatic rings. The summed E-state index contributed by atoms with van der Waals surface area (Å²) < 4.78 is 0.393. The molecule has 0 bridgehead atoms. The molecule has 86 valence electrons. The van der Waals surface area contributed by atoms with Gasteiger partial charge in [-0.05, 0) is 53.6 Å². The van der Waals surface area contributed by atoms with Crippen LogP contribution in [0, 0.1) is 0 Å². The standard InChI is InChI=1S/C11H13BrN2OS/c1-11(5-3-7-16-11)10(15)14-8-4-2-6-13-9(8)12/h2,4,6H,3,5,7H2,1H3,(H,14,15). The van der Waals surface area contributed by atoms with Crippen LogP contribution in [0.3, 0.4) is 0 Å². The highest BCUT2D eigenvalue weighted by molar-refractivity contribution is 9.10. The van der Waals surface area contributed by atoms with Gasteiger partial charge in [-0.3, -0.25) is 4.79 Å². The average molecular weight is 301 g/mol. The zero-order chi connectivity index (χ0) is 11.6. The molecule has 0 radical (unpaired) electrons. The third kappa shape index (κ3) is 2.40. The zero-order valence-corrected chi connectivity index (χ0v) is 11.4. The number of pyridine rings is 1. The van der Waals surface area contributed by atoms with Gasteiger partial charge in [0.15, 0.2) is 0 Å². The van der Waals surface area contributed by atoms with Gasteiger partial charge in [-0.25, -0.2) is 4.98 Å². The fourth-order valence-corrected chi connectivity index (χ4v) is 3.25. The first kappa shape index (κ1) is 11.9. The summed E-state index contributed by atoms with van der Waals surface area (Å²) in [7, 11) is 0. The molecule has 1 fully saturated rings. The number of nitrogens with one attached hydrogen (secondary N) is 1. The Kier molecular flexibility index (Phi) is 3.54. The molecule has 2 heterocycles. The van der Waals surface area contributed by atoms with E-state index in [4.69, 9.17) is 0 Å². The molecule has 5 heteroatoms. The van der Waals surface area contributed by atoms with Crippen molar-refractivity contribution in [2.24, 2.45) is 0 Å². The number of hydrogen-bond donors (Lipinski definition) is 1. The first-order valence-electron chi connectivity index (χ1n) is 5.18. The van der Waals surface area contributed by atoms with Gasteiger partial charge in [0, 0.05) is 6.20 Å². The normalized spacial score (nSPS) is 24.4. The van der Waals surface area contributed by atoms with Crippen LogP contribution in [0.1, 0.15) is 19.8 Å². The van der Waals surface area contributed by atoms with Crippen LogP contribution < -0.4 is 5.32 Å². The van der Waals surface area contributed by atoms with Gasteiger partial charge in [0.1, 0.15) is 4.60 Å². The van der Waals surface area contributed by atoms with E-state index < -0.39 is 0 Å². The van der Waals surface area contributed by atoms with Gasteiger partial charge in [0.2, 0.25) is 5.91 Å². The minimum absolute atomic E-state index is 0.0729. The van der Waals surface area contributed by atoms with Crippen molar-refractivity contribution < 1.29 is 4.79 Å². The van der Waals surface area contributed by atoms with Crippen LogP contribution >= 0.6 is 27.7 Å². The summed E-state index contributed by atoms with van der Waals surface area (Å²) in [6.45, 7) is 2.00.